The maximum Gasteiger partial charge on any atom is 0.338 e. The summed E-state index contributed by atoms with van der Waals surface area (Å²) in [4.78, 5) is 44.3. The highest BCUT2D eigenvalue weighted by Gasteiger charge is 2.39. The van der Waals surface area contributed by atoms with Gasteiger partial charge < -0.3 is 9.64 Å². The first-order valence-electron chi connectivity index (χ1n) is 15.3. The van der Waals surface area contributed by atoms with E-state index in [-0.39, 0.29) is 42.1 Å². The zero-order chi connectivity index (χ0) is 35.3. The van der Waals surface area contributed by atoms with E-state index in [1.807, 2.05) is 12.1 Å². The molecule has 1 amide bonds. The number of hydrogen-bond donors (Lipinski definition) is 0. The van der Waals surface area contributed by atoms with Gasteiger partial charge in [-0.25, -0.2) is 19.7 Å². The number of anilines is 1. The molecule has 0 N–H and O–H groups in total. The Morgan fingerprint density at radius 2 is 1.45 bits per heavy atom. The molecule has 0 atom stereocenters. The minimum Gasteiger partial charge on any atom is -0.460 e. The summed E-state index contributed by atoms with van der Waals surface area (Å²) in [6.45, 7) is 3.09. The Labute approximate surface area is 328 Å². The number of nitrogens with zero attached hydrogens (tertiary/aromatic N) is 5. The van der Waals surface area contributed by atoms with Gasteiger partial charge >= 0.3 is 5.97 Å². The van der Waals surface area contributed by atoms with Crippen LogP contribution in [-0.4, -0.2) is 55.7 Å². The molecule has 2 aromatic carbocycles. The van der Waals surface area contributed by atoms with Gasteiger partial charge in [0.05, 0.1) is 17.8 Å². The molecule has 49 heavy (non-hydrogen) atoms. The number of carbonyl (C=O) groups excluding carboxylic acids is 2. The molecule has 0 bridgehead atoms. The Bertz CT molecular complexity index is 1720. The number of carbonyl (C=O) groups is 2. The number of alkyl halides is 6. The van der Waals surface area contributed by atoms with E-state index in [0.717, 1.165) is 35.0 Å². The molecule has 1 saturated heterocycles. The number of halogens is 6. The lowest BCUT2D eigenvalue weighted by Crippen LogP contribution is -2.32. The summed E-state index contributed by atoms with van der Waals surface area (Å²) in [5, 5.41) is 0.895. The lowest BCUT2D eigenvalue weighted by atomic mass is 10.1. The second-order valence-corrected chi connectivity index (χ2v) is 18.2. The molecule has 1 fully saturated rings. The van der Waals surface area contributed by atoms with E-state index in [9.17, 15) is 9.59 Å². The number of esters is 1. The third-order valence-electron chi connectivity index (χ3n) is 7.46. The molecule has 5 rings (SSSR count). The van der Waals surface area contributed by atoms with Crippen LogP contribution in [0.4, 0.5) is 5.69 Å². The zero-order valence-electron chi connectivity index (χ0n) is 25.9. The fraction of sp³-hybridized carbons (Fsp3) is 0.375. The molecule has 1 aromatic heterocycles. The maximum atomic E-state index is 13.7. The van der Waals surface area contributed by atoms with E-state index < -0.39 is 13.6 Å². The van der Waals surface area contributed by atoms with Crippen molar-refractivity contribution in [1.29, 1.82) is 0 Å². The lowest BCUT2D eigenvalue weighted by Gasteiger charge is -2.21. The molecule has 0 spiro atoms. The second-order valence-electron chi connectivity index (χ2n) is 11.0. The third-order valence-corrected chi connectivity index (χ3v) is 11.2. The average Bonchev–Trinajstić information content (AvgIpc) is 3.57. The molecular formula is C32H29Cl6N5O3S3. The summed E-state index contributed by atoms with van der Waals surface area (Å²) in [5.74, 6) is -1.20. The zero-order valence-corrected chi connectivity index (χ0v) is 32.9. The van der Waals surface area contributed by atoms with Crippen LogP contribution in [0.15, 0.2) is 63.4 Å². The van der Waals surface area contributed by atoms with E-state index in [1.165, 1.54) is 54.5 Å². The van der Waals surface area contributed by atoms with E-state index in [4.69, 9.17) is 86.6 Å². The van der Waals surface area contributed by atoms with Crippen molar-refractivity contribution < 1.29 is 14.3 Å². The topological polar surface area (TPSA) is 88.5 Å². The number of thiocarbonyl (C=S) groups is 1. The monoisotopic (exact) mass is 837 g/mol. The van der Waals surface area contributed by atoms with Crippen molar-refractivity contribution in [2.24, 2.45) is 0 Å². The molecule has 2 aliphatic rings. The number of amides is 1. The Morgan fingerprint density at radius 3 is 2.10 bits per heavy atom. The van der Waals surface area contributed by atoms with Crippen LogP contribution in [-0.2, 0) is 17.1 Å². The van der Waals surface area contributed by atoms with E-state index >= 15 is 0 Å². The Hall–Kier alpha value is -1.54. The average molecular weight is 841 g/mol. The number of thioether (sulfide) groups is 2. The number of unbranched alkanes of at least 4 members (excludes halogenated alkanes) is 5. The normalized spacial score (nSPS) is 16.5. The Balaban J connectivity index is 1.22. The lowest BCUT2D eigenvalue weighted by molar-refractivity contribution is -0.122. The summed E-state index contributed by atoms with van der Waals surface area (Å²) in [6, 6.07) is 14.3. The molecule has 0 saturated carbocycles. The number of hydrogen-bond acceptors (Lipinski definition) is 10. The van der Waals surface area contributed by atoms with Gasteiger partial charge in [0.25, 0.3) is 5.91 Å². The van der Waals surface area contributed by atoms with Gasteiger partial charge in [-0.1, -0.05) is 169 Å². The Morgan fingerprint density at radius 1 is 0.816 bits per heavy atom. The molecule has 3 heterocycles. The first-order chi connectivity index (χ1) is 23.3. The van der Waals surface area contributed by atoms with Crippen LogP contribution in [0.5, 0.6) is 0 Å². The van der Waals surface area contributed by atoms with Crippen molar-refractivity contribution in [3.8, 4) is 11.4 Å². The number of para-hydroxylation sites is 1. The van der Waals surface area contributed by atoms with Gasteiger partial charge in [-0.3, -0.25) is 9.69 Å². The van der Waals surface area contributed by atoms with Gasteiger partial charge in [0.2, 0.25) is 7.59 Å². The largest absolute Gasteiger partial charge is 0.460 e. The SMILES string of the molecule is CCCCCCCCN1/C(=C2/SC(=S)N(CCOC(=O)c3ccc(-c4nc(C(Cl)(Cl)Cl)nc(C(Cl)(Cl)Cl)n4)cc3)C2=O)Sc2ccccc21. The van der Waals surface area contributed by atoms with E-state index in [1.54, 1.807) is 23.9 Å². The number of aromatic nitrogens is 3. The summed E-state index contributed by atoms with van der Waals surface area (Å²) < 4.78 is 1.92. The van der Waals surface area contributed by atoms with Crippen molar-refractivity contribution in [2.45, 2.75) is 57.9 Å². The Kier molecular flexibility index (Phi) is 13.3. The molecule has 0 aliphatic carbocycles. The number of benzene rings is 2. The van der Waals surface area contributed by atoms with Crippen LogP contribution in [0, 0.1) is 0 Å². The van der Waals surface area contributed by atoms with Crippen LogP contribution in [0.2, 0.25) is 0 Å². The molecular weight excluding hydrogens is 811 g/mol. The number of rotatable bonds is 12. The van der Waals surface area contributed by atoms with Crippen LogP contribution in [0.25, 0.3) is 11.4 Å². The van der Waals surface area contributed by atoms with Gasteiger partial charge in [0.15, 0.2) is 17.5 Å². The summed E-state index contributed by atoms with van der Waals surface area (Å²) in [5.41, 5.74) is 1.79. The predicted molar refractivity (Wildman–Crippen MR) is 206 cm³/mol. The molecule has 3 aromatic rings. The molecule has 2 aliphatic heterocycles. The number of fused-ring (bicyclic) bond motifs is 1. The van der Waals surface area contributed by atoms with Gasteiger partial charge in [0.1, 0.15) is 20.9 Å². The van der Waals surface area contributed by atoms with Crippen LogP contribution >= 0.6 is 105 Å². The minimum atomic E-state index is -2.01. The van der Waals surface area contributed by atoms with E-state index in [0.29, 0.717) is 14.8 Å². The first-order valence-corrected chi connectivity index (χ1v) is 19.6. The van der Waals surface area contributed by atoms with Crippen molar-refractivity contribution >= 4 is 127 Å². The highest BCUT2D eigenvalue weighted by Crippen LogP contribution is 2.50. The summed E-state index contributed by atoms with van der Waals surface area (Å²) in [6.07, 6.45) is 7.07. The van der Waals surface area contributed by atoms with Gasteiger partial charge in [-0.05, 0) is 30.7 Å². The van der Waals surface area contributed by atoms with Gasteiger partial charge in [-0.15, -0.1) is 0 Å². The van der Waals surface area contributed by atoms with Crippen molar-refractivity contribution in [3.05, 3.63) is 75.7 Å². The first kappa shape index (κ1) is 38.7. The fourth-order valence-electron chi connectivity index (χ4n) is 5.02. The van der Waals surface area contributed by atoms with Crippen LogP contribution in [0.1, 0.15) is 67.5 Å². The molecule has 0 radical (unpaired) electrons. The van der Waals surface area contributed by atoms with Crippen molar-refractivity contribution in [2.75, 3.05) is 24.6 Å². The maximum absolute atomic E-state index is 13.7. The van der Waals surface area contributed by atoms with E-state index in [2.05, 4.69) is 38.9 Å². The van der Waals surface area contributed by atoms with Crippen molar-refractivity contribution in [1.82, 2.24) is 19.9 Å². The third kappa shape index (κ3) is 9.67. The highest BCUT2D eigenvalue weighted by molar-refractivity contribution is 8.27. The standard InChI is InChI=1S/C32H29Cl6N5O3S3/c1-2-3-4-5-6-9-16-42-21-10-7-8-11-22(21)48-26(42)23-25(44)43(30(47)49-23)17-18-46-27(45)20-14-12-19(13-15-20)24-39-28(31(33,34)35)41-29(40-24)32(36,37)38/h7-8,10-15H,2-6,9,16-18H2,1H3/b26-23-. The molecule has 260 valence electrons. The summed E-state index contributed by atoms with van der Waals surface area (Å²) >= 11 is 44.3. The predicted octanol–water partition coefficient (Wildman–Crippen LogP) is 10.4. The molecule has 8 nitrogen and oxygen atoms in total. The quantitative estimate of drug-likeness (QED) is 0.0578. The highest BCUT2D eigenvalue weighted by atomic mass is 35.6. The minimum absolute atomic E-state index is 0.0584. The smallest absolute Gasteiger partial charge is 0.338 e. The molecule has 17 heteroatoms. The van der Waals surface area contributed by atoms with Gasteiger partial charge in [-0.2, -0.15) is 0 Å². The van der Waals surface area contributed by atoms with Crippen LogP contribution in [0.3, 0.4) is 0 Å². The summed E-state index contributed by atoms with van der Waals surface area (Å²) in [7, 11) is 0. The second kappa shape index (κ2) is 16.9. The fourth-order valence-corrected chi connectivity index (χ4v) is 8.18. The van der Waals surface area contributed by atoms with Crippen LogP contribution < -0.4 is 4.90 Å². The van der Waals surface area contributed by atoms with Crippen molar-refractivity contribution in [3.63, 3.8) is 0 Å². The van der Waals surface area contributed by atoms with Gasteiger partial charge in [0, 0.05) is 17.0 Å². The molecule has 0 unspecified atom stereocenters. The number of ether oxygens (including phenoxy) is 1.